The van der Waals surface area contributed by atoms with E-state index in [1.54, 1.807) is 10.8 Å². The molecule has 0 aliphatic carbocycles. The van der Waals surface area contributed by atoms with Crippen LogP contribution in [0.5, 0.6) is 0 Å². The second-order valence-corrected chi connectivity index (χ2v) is 4.13. The number of nitrogens with zero attached hydrogens (tertiary/aromatic N) is 2. The Balaban J connectivity index is 2.42. The summed E-state index contributed by atoms with van der Waals surface area (Å²) in [5, 5.41) is 3.13. The molecule has 0 bridgehead atoms. The third-order valence-electron chi connectivity index (χ3n) is 2.48. The van der Waals surface area contributed by atoms with Gasteiger partial charge in [0.15, 0.2) is 0 Å². The first-order valence-electron chi connectivity index (χ1n) is 5.86. The minimum atomic E-state index is -0.599. The normalized spacial score (nSPS) is 10.7. The van der Waals surface area contributed by atoms with Gasteiger partial charge in [-0.2, -0.15) is 0 Å². The zero-order valence-electron chi connectivity index (χ0n) is 10.4. The van der Waals surface area contributed by atoms with Gasteiger partial charge in [-0.15, -0.1) is 0 Å². The van der Waals surface area contributed by atoms with Crippen molar-refractivity contribution in [2.75, 3.05) is 11.9 Å². The zero-order chi connectivity index (χ0) is 13.1. The lowest BCUT2D eigenvalue weighted by Gasteiger charge is -2.09. The van der Waals surface area contributed by atoms with Gasteiger partial charge < -0.3 is 5.32 Å². The monoisotopic (exact) mass is 251 g/mol. The first-order valence-corrected chi connectivity index (χ1v) is 5.86. The molecule has 0 saturated carbocycles. The van der Waals surface area contributed by atoms with Crippen molar-refractivity contribution < 1.29 is 8.78 Å². The van der Waals surface area contributed by atoms with Crippen molar-refractivity contribution in [1.82, 2.24) is 9.55 Å². The number of anilines is 1. The second-order valence-electron chi connectivity index (χ2n) is 4.13. The quantitative estimate of drug-likeness (QED) is 0.903. The van der Waals surface area contributed by atoms with Gasteiger partial charge in [0, 0.05) is 18.8 Å². The molecule has 96 valence electrons. The molecule has 0 atom stereocenters. The van der Waals surface area contributed by atoms with E-state index in [4.69, 9.17) is 0 Å². The highest BCUT2D eigenvalue weighted by atomic mass is 19.1. The maximum absolute atomic E-state index is 13.2. The Labute approximate surface area is 104 Å². The standard InChI is InChI=1S/C13H15F2N3/c1-3-4-16-13-17-9(2)8-18(13)12-6-10(14)5-11(15)7-12/h5-8H,3-4H2,1-2H3,(H,16,17). The molecule has 0 saturated heterocycles. The molecule has 0 fully saturated rings. The molecule has 1 aromatic heterocycles. The van der Waals surface area contributed by atoms with Crippen molar-refractivity contribution in [3.05, 3.63) is 41.7 Å². The van der Waals surface area contributed by atoms with E-state index in [0.29, 0.717) is 11.6 Å². The van der Waals surface area contributed by atoms with Crippen molar-refractivity contribution in [3.8, 4) is 5.69 Å². The number of halogens is 2. The van der Waals surface area contributed by atoms with Crippen LogP contribution in [0.1, 0.15) is 19.0 Å². The summed E-state index contributed by atoms with van der Waals surface area (Å²) < 4.78 is 28.1. The first-order chi connectivity index (χ1) is 8.60. The molecule has 18 heavy (non-hydrogen) atoms. The van der Waals surface area contributed by atoms with Crippen LogP contribution in [-0.4, -0.2) is 16.1 Å². The van der Waals surface area contributed by atoms with Crippen LogP contribution in [0.15, 0.2) is 24.4 Å². The van der Waals surface area contributed by atoms with Crippen molar-refractivity contribution in [3.63, 3.8) is 0 Å². The second kappa shape index (κ2) is 5.16. The van der Waals surface area contributed by atoms with Gasteiger partial charge in [0.1, 0.15) is 11.6 Å². The summed E-state index contributed by atoms with van der Waals surface area (Å²) in [4.78, 5) is 4.29. The fraction of sp³-hybridized carbons (Fsp3) is 0.308. The van der Waals surface area contributed by atoms with Crippen molar-refractivity contribution in [2.45, 2.75) is 20.3 Å². The van der Waals surface area contributed by atoms with E-state index >= 15 is 0 Å². The molecule has 0 aliphatic rings. The van der Waals surface area contributed by atoms with Gasteiger partial charge in [0.2, 0.25) is 5.95 Å². The number of benzene rings is 1. The average molecular weight is 251 g/mol. The Hall–Kier alpha value is -1.91. The Morgan fingerprint density at radius 3 is 2.50 bits per heavy atom. The van der Waals surface area contributed by atoms with Crippen molar-refractivity contribution >= 4 is 5.95 Å². The summed E-state index contributed by atoms with van der Waals surface area (Å²) in [6.45, 7) is 4.63. The van der Waals surface area contributed by atoms with E-state index in [1.807, 2.05) is 13.8 Å². The number of hydrogen-bond acceptors (Lipinski definition) is 2. The molecule has 5 heteroatoms. The number of aryl methyl sites for hydroxylation is 1. The summed E-state index contributed by atoms with van der Waals surface area (Å²) in [5.74, 6) is -0.602. The molecule has 2 rings (SSSR count). The SMILES string of the molecule is CCCNc1nc(C)cn1-c1cc(F)cc(F)c1. The third kappa shape index (κ3) is 2.67. The first kappa shape index (κ1) is 12.5. The summed E-state index contributed by atoms with van der Waals surface area (Å²) in [6.07, 6.45) is 2.69. The molecule has 1 N–H and O–H groups in total. The molecule has 0 radical (unpaired) electrons. The largest absolute Gasteiger partial charge is 0.355 e. The van der Waals surface area contributed by atoms with Crippen LogP contribution >= 0.6 is 0 Å². The van der Waals surface area contributed by atoms with Gasteiger partial charge in [0.25, 0.3) is 0 Å². The van der Waals surface area contributed by atoms with E-state index in [9.17, 15) is 8.78 Å². The molecule has 0 spiro atoms. The molecule has 2 aromatic rings. The van der Waals surface area contributed by atoms with E-state index in [2.05, 4.69) is 10.3 Å². The van der Waals surface area contributed by atoms with E-state index in [1.165, 1.54) is 12.1 Å². The molecule has 3 nitrogen and oxygen atoms in total. The van der Waals surface area contributed by atoms with Gasteiger partial charge >= 0.3 is 0 Å². The Morgan fingerprint density at radius 2 is 1.89 bits per heavy atom. The fourth-order valence-corrected chi connectivity index (χ4v) is 1.73. The predicted molar refractivity (Wildman–Crippen MR) is 67.0 cm³/mol. The van der Waals surface area contributed by atoms with Gasteiger partial charge in [0.05, 0.1) is 11.4 Å². The van der Waals surface area contributed by atoms with E-state index < -0.39 is 11.6 Å². The van der Waals surface area contributed by atoms with Gasteiger partial charge in [-0.05, 0) is 25.5 Å². The lowest BCUT2D eigenvalue weighted by molar-refractivity contribution is 0.581. The van der Waals surface area contributed by atoms with Crippen LogP contribution in [-0.2, 0) is 0 Å². The molecular formula is C13H15F2N3. The van der Waals surface area contributed by atoms with Crippen LogP contribution in [0.3, 0.4) is 0 Å². The third-order valence-corrected chi connectivity index (χ3v) is 2.48. The van der Waals surface area contributed by atoms with E-state index in [-0.39, 0.29) is 0 Å². The molecular weight excluding hydrogens is 236 g/mol. The van der Waals surface area contributed by atoms with Crippen molar-refractivity contribution in [1.29, 1.82) is 0 Å². The van der Waals surface area contributed by atoms with Gasteiger partial charge in [-0.3, -0.25) is 4.57 Å². The van der Waals surface area contributed by atoms with Crippen LogP contribution in [0, 0.1) is 18.6 Å². The Kier molecular flexibility index (Phi) is 3.60. The van der Waals surface area contributed by atoms with Crippen LogP contribution in [0.25, 0.3) is 5.69 Å². The lowest BCUT2D eigenvalue weighted by Crippen LogP contribution is -2.07. The fourth-order valence-electron chi connectivity index (χ4n) is 1.73. The topological polar surface area (TPSA) is 29.9 Å². The Bertz CT molecular complexity index is 529. The highest BCUT2D eigenvalue weighted by Gasteiger charge is 2.09. The summed E-state index contributed by atoms with van der Waals surface area (Å²) in [6, 6.07) is 3.41. The highest BCUT2D eigenvalue weighted by molar-refractivity contribution is 5.43. The minimum Gasteiger partial charge on any atom is -0.355 e. The molecule has 1 heterocycles. The number of aromatic nitrogens is 2. The molecule has 0 aliphatic heterocycles. The number of rotatable bonds is 4. The zero-order valence-corrected chi connectivity index (χ0v) is 10.4. The lowest BCUT2D eigenvalue weighted by atomic mass is 10.3. The predicted octanol–water partition coefficient (Wildman–Crippen LogP) is 3.28. The molecule has 0 amide bonds. The van der Waals surface area contributed by atoms with Crippen LogP contribution in [0.4, 0.5) is 14.7 Å². The molecule has 1 aromatic carbocycles. The van der Waals surface area contributed by atoms with Crippen molar-refractivity contribution in [2.24, 2.45) is 0 Å². The van der Waals surface area contributed by atoms with Gasteiger partial charge in [-0.25, -0.2) is 13.8 Å². The highest BCUT2D eigenvalue weighted by Crippen LogP contribution is 2.18. The summed E-state index contributed by atoms with van der Waals surface area (Å²) in [5.41, 5.74) is 1.21. The summed E-state index contributed by atoms with van der Waals surface area (Å²) >= 11 is 0. The smallest absolute Gasteiger partial charge is 0.207 e. The van der Waals surface area contributed by atoms with Gasteiger partial charge in [-0.1, -0.05) is 6.92 Å². The maximum Gasteiger partial charge on any atom is 0.207 e. The number of imidazole rings is 1. The maximum atomic E-state index is 13.2. The summed E-state index contributed by atoms with van der Waals surface area (Å²) in [7, 11) is 0. The van der Waals surface area contributed by atoms with Crippen LogP contribution in [0.2, 0.25) is 0 Å². The number of hydrogen-bond donors (Lipinski definition) is 1. The van der Waals surface area contributed by atoms with Crippen LogP contribution < -0.4 is 5.32 Å². The molecule has 0 unspecified atom stereocenters. The van der Waals surface area contributed by atoms with E-state index in [0.717, 1.165) is 24.7 Å². The number of nitrogens with one attached hydrogen (secondary N) is 1. The Morgan fingerprint density at radius 1 is 1.22 bits per heavy atom. The minimum absolute atomic E-state index is 0.423. The average Bonchev–Trinajstić information content (AvgIpc) is 2.66.